The second-order valence-electron chi connectivity index (χ2n) is 6.85. The third-order valence-electron chi connectivity index (χ3n) is 5.12. The van der Waals surface area contributed by atoms with E-state index in [2.05, 4.69) is 10.3 Å². The van der Waals surface area contributed by atoms with Gasteiger partial charge in [0, 0.05) is 5.69 Å². The predicted octanol–water partition coefficient (Wildman–Crippen LogP) is -2.71. The number of fused-ring (bicyclic) bond motifs is 1. The second kappa shape index (κ2) is 5.26. The number of carbonyl (C=O) groups is 2. The zero-order valence-corrected chi connectivity index (χ0v) is 14.1. The van der Waals surface area contributed by atoms with Gasteiger partial charge in [-0.3, -0.25) is 24.3 Å². The third-order valence-corrected chi connectivity index (χ3v) is 5.12. The molecule has 1 aliphatic heterocycles. The number of nitrogens with one attached hydrogen (secondary N) is 1. The lowest BCUT2D eigenvalue weighted by atomic mass is 9.40. The van der Waals surface area contributed by atoms with Crippen molar-refractivity contribution in [2.24, 2.45) is 0 Å². The summed E-state index contributed by atoms with van der Waals surface area (Å²) >= 11 is 0. The van der Waals surface area contributed by atoms with Crippen LogP contribution in [0.4, 0.5) is 5.69 Å². The Labute approximate surface area is 141 Å². The van der Waals surface area contributed by atoms with Crippen LogP contribution in [0.5, 0.6) is 0 Å². The summed E-state index contributed by atoms with van der Waals surface area (Å²) in [6.07, 6.45) is 0. The lowest BCUT2D eigenvalue weighted by molar-refractivity contribution is -0.136. The highest BCUT2D eigenvalue weighted by Gasteiger charge is 2.47. The lowest BCUT2D eigenvalue weighted by Crippen LogP contribution is -2.55. The molecular formula is C14H17B3N4O3. The topological polar surface area (TPSA) is 107 Å². The van der Waals surface area contributed by atoms with E-state index in [1.165, 1.54) is 4.57 Å². The second-order valence-corrected chi connectivity index (χ2v) is 6.85. The molecule has 120 valence electrons. The molecule has 1 fully saturated rings. The van der Waals surface area contributed by atoms with Gasteiger partial charge < -0.3 is 5.73 Å². The molecule has 1 aliphatic rings. The summed E-state index contributed by atoms with van der Waals surface area (Å²) in [5, 5.41) is 1.87. The number of hydrogen-bond donors (Lipinski definition) is 2. The Morgan fingerprint density at radius 1 is 1.29 bits per heavy atom. The molecular weight excluding hydrogens is 305 g/mol. The van der Waals surface area contributed by atoms with E-state index in [1.807, 2.05) is 0 Å². The van der Waals surface area contributed by atoms with E-state index in [1.54, 1.807) is 48.7 Å². The number of aryl methyl sites for hydroxylation is 1. The summed E-state index contributed by atoms with van der Waals surface area (Å²) in [6.45, 7) is 1.67. The fourth-order valence-electron chi connectivity index (χ4n) is 3.22. The van der Waals surface area contributed by atoms with Crippen LogP contribution in [0.2, 0.25) is 11.0 Å². The quantitative estimate of drug-likeness (QED) is 0.337. The summed E-state index contributed by atoms with van der Waals surface area (Å²) < 4.78 is 1.35. The number of benzene rings is 1. The van der Waals surface area contributed by atoms with Crippen molar-refractivity contribution >= 4 is 51.9 Å². The summed E-state index contributed by atoms with van der Waals surface area (Å²) in [5.74, 6) is -0.794. The SMILES string of the molecule is BC1C(n2c(C)nc3cccc(N)c3c2=O)C(=O)NC(=O)C1(B)B. The van der Waals surface area contributed by atoms with Crippen LogP contribution in [0.15, 0.2) is 23.0 Å². The first-order valence-corrected chi connectivity index (χ1v) is 7.79. The minimum atomic E-state index is -0.818. The van der Waals surface area contributed by atoms with Gasteiger partial charge >= 0.3 is 0 Å². The fraction of sp³-hybridized carbons (Fsp3) is 0.286. The number of aromatic nitrogens is 2. The van der Waals surface area contributed by atoms with Crippen molar-refractivity contribution in [3.8, 4) is 0 Å². The van der Waals surface area contributed by atoms with Crippen molar-refractivity contribution in [3.05, 3.63) is 34.4 Å². The molecule has 2 atom stereocenters. The Morgan fingerprint density at radius 3 is 2.62 bits per heavy atom. The normalized spacial score (nSPS) is 23.2. The zero-order valence-electron chi connectivity index (χ0n) is 14.1. The molecule has 2 aromatic rings. The molecule has 2 amide bonds. The van der Waals surface area contributed by atoms with Crippen LogP contribution < -0.4 is 16.6 Å². The zero-order chi connectivity index (χ0) is 17.8. The largest absolute Gasteiger partial charge is 0.398 e. The fourth-order valence-corrected chi connectivity index (χ4v) is 3.22. The highest BCUT2D eigenvalue weighted by atomic mass is 16.2. The van der Waals surface area contributed by atoms with Gasteiger partial charge in [-0.25, -0.2) is 4.98 Å². The smallest absolute Gasteiger partial charge is 0.264 e. The molecule has 24 heavy (non-hydrogen) atoms. The molecule has 0 spiro atoms. The minimum absolute atomic E-state index is 0.290. The number of imide groups is 1. The first-order chi connectivity index (χ1) is 11.2. The van der Waals surface area contributed by atoms with E-state index in [4.69, 9.17) is 5.73 Å². The van der Waals surface area contributed by atoms with Gasteiger partial charge in [0.2, 0.25) is 11.8 Å². The van der Waals surface area contributed by atoms with E-state index in [9.17, 15) is 14.4 Å². The van der Waals surface area contributed by atoms with Gasteiger partial charge in [-0.15, -0.1) is 0 Å². The monoisotopic (exact) mass is 322 g/mol. The molecule has 3 rings (SSSR count). The number of carbonyl (C=O) groups excluding carboxylic acids is 2. The van der Waals surface area contributed by atoms with E-state index >= 15 is 0 Å². The Bertz CT molecular complexity index is 941. The molecule has 7 nitrogen and oxygen atoms in total. The van der Waals surface area contributed by atoms with Gasteiger partial charge in [-0.05, 0) is 30.1 Å². The first-order valence-electron chi connectivity index (χ1n) is 7.79. The number of piperidine rings is 1. The van der Waals surface area contributed by atoms with Crippen molar-refractivity contribution in [1.82, 2.24) is 14.9 Å². The van der Waals surface area contributed by atoms with Crippen molar-refractivity contribution < 1.29 is 9.59 Å². The van der Waals surface area contributed by atoms with Crippen LogP contribution in [-0.2, 0) is 9.59 Å². The van der Waals surface area contributed by atoms with Crippen LogP contribution in [0, 0.1) is 6.92 Å². The maximum absolute atomic E-state index is 13.0. The van der Waals surface area contributed by atoms with Gasteiger partial charge in [-0.2, -0.15) is 0 Å². The predicted molar refractivity (Wildman–Crippen MR) is 99.4 cm³/mol. The van der Waals surface area contributed by atoms with Gasteiger partial charge in [0.1, 0.15) is 35.4 Å². The van der Waals surface area contributed by atoms with Crippen LogP contribution in [-0.4, -0.2) is 44.9 Å². The lowest BCUT2D eigenvalue weighted by Gasteiger charge is -2.41. The molecule has 10 heteroatoms. The number of amides is 2. The maximum Gasteiger partial charge on any atom is 0.264 e. The molecule has 3 N–H and O–H groups in total. The van der Waals surface area contributed by atoms with Gasteiger partial charge in [0.25, 0.3) is 5.56 Å². The van der Waals surface area contributed by atoms with Crippen LogP contribution in [0.3, 0.4) is 0 Å². The molecule has 1 aromatic carbocycles. The number of hydrogen-bond acceptors (Lipinski definition) is 5. The molecule has 1 aromatic heterocycles. The Kier molecular flexibility index (Phi) is 3.58. The summed E-state index contributed by atoms with van der Waals surface area (Å²) in [6, 6.07) is 4.25. The summed E-state index contributed by atoms with van der Waals surface area (Å²) in [5.41, 5.74) is 6.39. The molecule has 2 heterocycles. The van der Waals surface area contributed by atoms with Crippen molar-refractivity contribution in [3.63, 3.8) is 0 Å². The molecule has 0 radical (unpaired) electrons. The molecule has 1 saturated heterocycles. The van der Waals surface area contributed by atoms with E-state index < -0.39 is 17.2 Å². The van der Waals surface area contributed by atoms with E-state index in [-0.39, 0.29) is 22.7 Å². The number of nitrogens with two attached hydrogens (primary N) is 1. The average molecular weight is 322 g/mol. The van der Waals surface area contributed by atoms with E-state index in [0.717, 1.165) is 0 Å². The van der Waals surface area contributed by atoms with Crippen molar-refractivity contribution in [1.29, 1.82) is 0 Å². The average Bonchev–Trinajstić information content (AvgIpc) is 2.48. The highest BCUT2D eigenvalue weighted by molar-refractivity contribution is 6.55. The molecule has 0 saturated carbocycles. The number of nitrogen functional groups attached to an aromatic ring is 1. The first kappa shape index (κ1) is 16.4. The van der Waals surface area contributed by atoms with Crippen LogP contribution >= 0.6 is 0 Å². The van der Waals surface area contributed by atoms with Crippen LogP contribution in [0.1, 0.15) is 11.9 Å². The van der Waals surface area contributed by atoms with Gasteiger partial charge in [0.05, 0.1) is 10.9 Å². The van der Waals surface area contributed by atoms with Gasteiger partial charge in [-0.1, -0.05) is 6.07 Å². The molecule has 2 unspecified atom stereocenters. The van der Waals surface area contributed by atoms with Crippen LogP contribution in [0.25, 0.3) is 10.9 Å². The Hall–Kier alpha value is -2.51. The van der Waals surface area contributed by atoms with Crippen molar-refractivity contribution in [2.45, 2.75) is 24.0 Å². The molecule has 0 aliphatic carbocycles. The Balaban J connectivity index is 2.30. The third kappa shape index (κ3) is 2.17. The van der Waals surface area contributed by atoms with Crippen molar-refractivity contribution in [2.75, 3.05) is 5.73 Å². The maximum atomic E-state index is 13.0. The highest BCUT2D eigenvalue weighted by Crippen LogP contribution is 2.43. The number of anilines is 1. The standard InChI is InChI=1S/C14H17B3N4O3/c1-5-19-7-4-2-3-6(18)8(7)12(23)21(5)9-10(15)14(16,17)13(24)20-11(9)22/h2-4,9-10H,15-18H2,1H3,(H,20,22,24). The van der Waals surface area contributed by atoms with Gasteiger partial charge in [0.15, 0.2) is 0 Å². The number of rotatable bonds is 1. The molecule has 0 bridgehead atoms. The van der Waals surface area contributed by atoms with E-state index in [0.29, 0.717) is 17.0 Å². The summed E-state index contributed by atoms with van der Waals surface area (Å²) in [4.78, 5) is 42.0. The Morgan fingerprint density at radius 2 is 1.96 bits per heavy atom. The minimum Gasteiger partial charge on any atom is -0.398 e. The number of nitrogens with zero attached hydrogens (tertiary/aromatic N) is 2. The summed E-state index contributed by atoms with van der Waals surface area (Å²) in [7, 11) is 5.32.